The number of ether oxygens (including phenoxy) is 1. The molecule has 1 aromatic heterocycles. The molecule has 1 atom stereocenters. The molecule has 0 aliphatic carbocycles. The molecule has 2 aromatic rings. The molecule has 1 saturated heterocycles. The Labute approximate surface area is 117 Å². The molecule has 1 aromatic carbocycles. The Hall–Kier alpha value is -2.01. The number of fused-ring (bicyclic) bond motifs is 1. The van der Waals surface area contributed by atoms with Gasteiger partial charge >= 0.3 is 0 Å². The summed E-state index contributed by atoms with van der Waals surface area (Å²) in [6, 6.07) is 7.78. The lowest BCUT2D eigenvalue weighted by Gasteiger charge is -2.16. The second-order valence-corrected chi connectivity index (χ2v) is 5.15. The molecule has 1 N–H and O–H groups in total. The fourth-order valence-electron chi connectivity index (χ4n) is 2.66. The maximum absolute atomic E-state index is 12.2. The van der Waals surface area contributed by atoms with E-state index in [0.29, 0.717) is 26.1 Å². The van der Waals surface area contributed by atoms with Gasteiger partial charge in [0.2, 0.25) is 5.91 Å². The average Bonchev–Trinajstić information content (AvgIpc) is 3.05. The monoisotopic (exact) mass is 274 g/mol. The Bertz CT molecular complexity index is 635. The number of hydrogen-bond donors (Lipinski definition) is 1. The predicted molar refractivity (Wildman–Crippen MR) is 75.7 cm³/mol. The van der Waals surface area contributed by atoms with Crippen molar-refractivity contribution in [3.63, 3.8) is 0 Å². The first-order valence-corrected chi connectivity index (χ1v) is 6.76. The van der Waals surface area contributed by atoms with E-state index >= 15 is 0 Å². The van der Waals surface area contributed by atoms with Gasteiger partial charge in [-0.15, -0.1) is 0 Å². The summed E-state index contributed by atoms with van der Waals surface area (Å²) in [5.74, 6) is 0.860. The van der Waals surface area contributed by atoms with Gasteiger partial charge in [0.25, 0.3) is 0 Å². The van der Waals surface area contributed by atoms with Crippen LogP contribution in [0.15, 0.2) is 30.5 Å². The number of carbonyl (C=O) groups is 1. The highest BCUT2D eigenvalue weighted by atomic mass is 16.5. The van der Waals surface area contributed by atoms with Crippen molar-refractivity contribution in [2.24, 2.45) is 0 Å². The van der Waals surface area contributed by atoms with Crippen LogP contribution in [0.25, 0.3) is 10.9 Å². The minimum Gasteiger partial charge on any atom is -0.497 e. The summed E-state index contributed by atoms with van der Waals surface area (Å²) in [5, 5.41) is 10.5. The number of β-amino-alcohol motifs (C(OH)–C–C–N with tert-alkyl or cyclic N) is 1. The Morgan fingerprint density at radius 1 is 1.45 bits per heavy atom. The van der Waals surface area contributed by atoms with Gasteiger partial charge in [-0.3, -0.25) is 4.79 Å². The molecular formula is C15H18N2O3. The van der Waals surface area contributed by atoms with E-state index in [1.807, 2.05) is 35.0 Å². The minimum absolute atomic E-state index is 0.0508. The lowest BCUT2D eigenvalue weighted by Crippen LogP contribution is -2.32. The summed E-state index contributed by atoms with van der Waals surface area (Å²) in [4.78, 5) is 13.9. The van der Waals surface area contributed by atoms with E-state index in [0.717, 1.165) is 16.7 Å². The lowest BCUT2D eigenvalue weighted by atomic mass is 10.2. The van der Waals surface area contributed by atoms with Gasteiger partial charge in [-0.1, -0.05) is 0 Å². The van der Waals surface area contributed by atoms with Gasteiger partial charge < -0.3 is 19.3 Å². The first-order valence-electron chi connectivity index (χ1n) is 6.76. The molecule has 1 fully saturated rings. The molecule has 2 heterocycles. The number of methoxy groups -OCH3 is 1. The number of nitrogens with zero attached hydrogens (tertiary/aromatic N) is 2. The van der Waals surface area contributed by atoms with Gasteiger partial charge in [0.05, 0.1) is 13.2 Å². The van der Waals surface area contributed by atoms with Crippen LogP contribution in [0.1, 0.15) is 6.42 Å². The third kappa shape index (κ3) is 2.36. The van der Waals surface area contributed by atoms with E-state index in [1.54, 1.807) is 12.0 Å². The van der Waals surface area contributed by atoms with Crippen LogP contribution in [0.2, 0.25) is 0 Å². The number of carbonyl (C=O) groups excluding carboxylic acids is 1. The number of aliphatic hydroxyl groups excluding tert-OH is 1. The van der Waals surface area contributed by atoms with Gasteiger partial charge in [0.15, 0.2) is 0 Å². The number of aromatic nitrogens is 1. The number of benzene rings is 1. The van der Waals surface area contributed by atoms with Crippen molar-refractivity contribution in [3.8, 4) is 5.75 Å². The SMILES string of the molecule is COc1ccc2c(ccn2CC(=O)N2CC[C@@H](O)C2)c1. The van der Waals surface area contributed by atoms with Crippen LogP contribution in [0.3, 0.4) is 0 Å². The molecule has 0 spiro atoms. The van der Waals surface area contributed by atoms with Gasteiger partial charge in [-0.05, 0) is 30.7 Å². The summed E-state index contributed by atoms with van der Waals surface area (Å²) in [7, 11) is 1.64. The summed E-state index contributed by atoms with van der Waals surface area (Å²) in [5.41, 5.74) is 1.01. The highest BCUT2D eigenvalue weighted by Crippen LogP contribution is 2.22. The van der Waals surface area contributed by atoms with E-state index in [1.165, 1.54) is 0 Å². The van der Waals surface area contributed by atoms with Crippen molar-refractivity contribution in [1.29, 1.82) is 0 Å². The van der Waals surface area contributed by atoms with E-state index < -0.39 is 0 Å². The van der Waals surface area contributed by atoms with Crippen LogP contribution in [0.5, 0.6) is 5.75 Å². The highest BCUT2D eigenvalue weighted by molar-refractivity contribution is 5.84. The van der Waals surface area contributed by atoms with Crippen LogP contribution in [-0.2, 0) is 11.3 Å². The van der Waals surface area contributed by atoms with E-state index in [-0.39, 0.29) is 12.0 Å². The molecule has 106 valence electrons. The number of hydrogen-bond acceptors (Lipinski definition) is 3. The first-order chi connectivity index (χ1) is 9.67. The van der Waals surface area contributed by atoms with Crippen molar-refractivity contribution in [3.05, 3.63) is 30.5 Å². The first kappa shape index (κ1) is 13.0. The number of aliphatic hydroxyl groups is 1. The van der Waals surface area contributed by atoms with Crippen molar-refractivity contribution in [2.75, 3.05) is 20.2 Å². The quantitative estimate of drug-likeness (QED) is 0.916. The summed E-state index contributed by atoms with van der Waals surface area (Å²) in [6.07, 6.45) is 2.22. The Balaban J connectivity index is 1.79. The zero-order valence-electron chi connectivity index (χ0n) is 11.5. The molecule has 5 heteroatoms. The maximum Gasteiger partial charge on any atom is 0.242 e. The van der Waals surface area contributed by atoms with Crippen molar-refractivity contribution in [2.45, 2.75) is 19.1 Å². The van der Waals surface area contributed by atoms with E-state index in [9.17, 15) is 9.90 Å². The molecule has 1 aliphatic heterocycles. The molecule has 3 rings (SSSR count). The molecule has 20 heavy (non-hydrogen) atoms. The summed E-state index contributed by atoms with van der Waals surface area (Å²) < 4.78 is 7.13. The van der Waals surface area contributed by atoms with Crippen LogP contribution < -0.4 is 4.74 Å². The Morgan fingerprint density at radius 2 is 2.30 bits per heavy atom. The number of amides is 1. The molecule has 5 nitrogen and oxygen atoms in total. The molecule has 0 bridgehead atoms. The zero-order valence-corrected chi connectivity index (χ0v) is 11.5. The molecule has 0 unspecified atom stereocenters. The number of rotatable bonds is 3. The summed E-state index contributed by atoms with van der Waals surface area (Å²) >= 11 is 0. The highest BCUT2D eigenvalue weighted by Gasteiger charge is 2.24. The number of likely N-dealkylation sites (tertiary alicyclic amines) is 1. The zero-order chi connectivity index (χ0) is 14.1. The second kappa shape index (κ2) is 5.17. The fraction of sp³-hybridized carbons (Fsp3) is 0.400. The van der Waals surface area contributed by atoms with Crippen LogP contribution in [0.4, 0.5) is 0 Å². The van der Waals surface area contributed by atoms with Crippen LogP contribution in [0, 0.1) is 0 Å². The molecule has 0 radical (unpaired) electrons. The Morgan fingerprint density at radius 3 is 3.00 bits per heavy atom. The Kier molecular flexibility index (Phi) is 3.36. The molecule has 1 amide bonds. The third-order valence-electron chi connectivity index (χ3n) is 3.80. The largest absolute Gasteiger partial charge is 0.497 e. The molecule has 0 saturated carbocycles. The van der Waals surface area contributed by atoms with Crippen LogP contribution in [-0.4, -0.2) is 46.8 Å². The van der Waals surface area contributed by atoms with Crippen molar-refractivity contribution < 1.29 is 14.6 Å². The predicted octanol–water partition coefficient (Wildman–Crippen LogP) is 1.24. The smallest absolute Gasteiger partial charge is 0.242 e. The van der Waals surface area contributed by atoms with Crippen molar-refractivity contribution >= 4 is 16.8 Å². The van der Waals surface area contributed by atoms with Gasteiger partial charge in [0, 0.05) is 30.2 Å². The van der Waals surface area contributed by atoms with Crippen molar-refractivity contribution in [1.82, 2.24) is 9.47 Å². The fourth-order valence-corrected chi connectivity index (χ4v) is 2.66. The van der Waals surface area contributed by atoms with E-state index in [2.05, 4.69) is 0 Å². The topological polar surface area (TPSA) is 54.7 Å². The molecular weight excluding hydrogens is 256 g/mol. The third-order valence-corrected chi connectivity index (χ3v) is 3.80. The van der Waals surface area contributed by atoms with Gasteiger partial charge in [0.1, 0.15) is 12.3 Å². The average molecular weight is 274 g/mol. The lowest BCUT2D eigenvalue weighted by molar-refractivity contribution is -0.131. The standard InChI is InChI=1S/C15H18N2O3/c1-20-13-2-3-14-11(8-13)4-6-16(14)10-15(19)17-7-5-12(18)9-17/h2-4,6,8,12,18H,5,7,9-10H2,1H3/t12-/m1/s1. The maximum atomic E-state index is 12.2. The van der Waals surface area contributed by atoms with Gasteiger partial charge in [-0.2, -0.15) is 0 Å². The summed E-state index contributed by atoms with van der Waals surface area (Å²) in [6.45, 7) is 1.40. The van der Waals surface area contributed by atoms with Gasteiger partial charge in [-0.25, -0.2) is 0 Å². The van der Waals surface area contributed by atoms with Crippen LogP contribution >= 0.6 is 0 Å². The normalized spacial score (nSPS) is 18.7. The minimum atomic E-state index is -0.371. The second-order valence-electron chi connectivity index (χ2n) is 5.15. The molecule has 1 aliphatic rings. The van der Waals surface area contributed by atoms with E-state index in [4.69, 9.17) is 4.74 Å².